The second kappa shape index (κ2) is 10.0. The first-order valence-electron chi connectivity index (χ1n) is 10.3. The van der Waals surface area contributed by atoms with Crippen molar-refractivity contribution in [2.45, 2.75) is 85.7 Å². The van der Waals surface area contributed by atoms with E-state index in [1.165, 1.54) is 38.5 Å². The molecule has 5 heteroatoms. The number of benzene rings is 1. The molecule has 1 amide bonds. The van der Waals surface area contributed by atoms with Crippen LogP contribution in [0.2, 0.25) is 0 Å². The van der Waals surface area contributed by atoms with E-state index in [2.05, 4.69) is 5.32 Å². The molecule has 0 aliphatic heterocycles. The summed E-state index contributed by atoms with van der Waals surface area (Å²) in [5, 5.41) is 3.85. The number of nitrogens with one attached hydrogen (secondary N) is 1. The van der Waals surface area contributed by atoms with Crippen LogP contribution in [0.25, 0.3) is 0 Å². The third-order valence-corrected chi connectivity index (χ3v) is 9.36. The van der Waals surface area contributed by atoms with Gasteiger partial charge in [0.25, 0.3) is 5.91 Å². The second-order valence-electron chi connectivity index (χ2n) is 7.75. The van der Waals surface area contributed by atoms with Crippen molar-refractivity contribution >= 4 is 40.9 Å². The van der Waals surface area contributed by atoms with Gasteiger partial charge in [0.2, 0.25) is 0 Å². The van der Waals surface area contributed by atoms with Crippen LogP contribution in [0.15, 0.2) is 30.3 Å². The highest BCUT2D eigenvalue weighted by Crippen LogP contribution is 2.49. The van der Waals surface area contributed by atoms with Crippen molar-refractivity contribution in [3.8, 4) is 0 Å². The number of anilines is 1. The van der Waals surface area contributed by atoms with E-state index in [0.717, 1.165) is 31.4 Å². The number of rotatable bonds is 7. The third-order valence-electron chi connectivity index (χ3n) is 5.56. The Morgan fingerprint density at radius 3 is 1.78 bits per heavy atom. The number of para-hydroxylation sites is 1. The van der Waals surface area contributed by atoms with Gasteiger partial charge < -0.3 is 5.32 Å². The molecule has 0 radical (unpaired) electrons. The first-order chi connectivity index (χ1) is 13.1. The zero-order valence-electron chi connectivity index (χ0n) is 16.2. The molecule has 2 fully saturated rings. The van der Waals surface area contributed by atoms with Crippen LogP contribution in [0.1, 0.15) is 71.1 Å². The van der Waals surface area contributed by atoms with Gasteiger partial charge in [0.15, 0.2) is 9.86 Å². The van der Waals surface area contributed by atoms with Crippen LogP contribution in [0.5, 0.6) is 0 Å². The monoisotopic (exact) mass is 405 g/mol. The number of carbonyl (C=O) groups excluding carboxylic acids is 2. The Morgan fingerprint density at radius 1 is 0.852 bits per heavy atom. The molecule has 0 aromatic heterocycles. The first kappa shape index (κ1) is 20.8. The van der Waals surface area contributed by atoms with Gasteiger partial charge in [-0.1, -0.05) is 56.7 Å². The zero-order valence-corrected chi connectivity index (χ0v) is 17.9. The number of amides is 1. The number of carbonyl (C=O) groups is 2. The van der Waals surface area contributed by atoms with E-state index >= 15 is 0 Å². The molecule has 1 aromatic rings. The van der Waals surface area contributed by atoms with Crippen LogP contribution >= 0.6 is 23.5 Å². The van der Waals surface area contributed by atoms with Gasteiger partial charge in [-0.25, -0.2) is 0 Å². The summed E-state index contributed by atoms with van der Waals surface area (Å²) in [6.45, 7) is 1.61. The van der Waals surface area contributed by atoms with E-state index in [0.29, 0.717) is 10.5 Å². The lowest BCUT2D eigenvalue weighted by Crippen LogP contribution is -2.46. The first-order valence-corrected chi connectivity index (χ1v) is 12.1. The molecule has 0 bridgehead atoms. The summed E-state index contributed by atoms with van der Waals surface area (Å²) < 4.78 is -1.03. The Hall–Kier alpha value is -0.940. The molecule has 2 aliphatic carbocycles. The highest BCUT2D eigenvalue weighted by Gasteiger charge is 2.48. The summed E-state index contributed by atoms with van der Waals surface area (Å²) in [7, 11) is 0. The fourth-order valence-electron chi connectivity index (χ4n) is 4.03. The summed E-state index contributed by atoms with van der Waals surface area (Å²) in [5.74, 6) is -0.158. The van der Waals surface area contributed by atoms with Gasteiger partial charge in [0.1, 0.15) is 0 Å². The van der Waals surface area contributed by atoms with Crippen LogP contribution in [0, 0.1) is 0 Å². The molecule has 3 nitrogen and oxygen atoms in total. The Bertz CT molecular complexity index is 602. The van der Waals surface area contributed by atoms with Crippen molar-refractivity contribution in [3.05, 3.63) is 30.3 Å². The van der Waals surface area contributed by atoms with Crippen molar-refractivity contribution in [2.75, 3.05) is 5.32 Å². The SMILES string of the molecule is CC(=O)C(SC1CCCCC1)(SC1CCCCC1)C(=O)Nc1ccccc1. The Kier molecular flexibility index (Phi) is 7.71. The van der Waals surface area contributed by atoms with Crippen LogP contribution in [-0.2, 0) is 9.59 Å². The van der Waals surface area contributed by atoms with Crippen LogP contribution < -0.4 is 5.32 Å². The van der Waals surface area contributed by atoms with Gasteiger partial charge in [0, 0.05) is 16.2 Å². The molecule has 0 saturated heterocycles. The minimum Gasteiger partial charge on any atom is -0.324 e. The van der Waals surface area contributed by atoms with Crippen molar-refractivity contribution in [2.24, 2.45) is 0 Å². The molecule has 3 rings (SSSR count). The molecule has 0 heterocycles. The molecule has 2 aliphatic rings. The van der Waals surface area contributed by atoms with Gasteiger partial charge >= 0.3 is 0 Å². The maximum Gasteiger partial charge on any atom is 0.258 e. The molecule has 1 aromatic carbocycles. The normalized spacial score (nSPS) is 19.6. The van der Waals surface area contributed by atoms with Crippen molar-refractivity contribution in [3.63, 3.8) is 0 Å². The lowest BCUT2D eigenvalue weighted by molar-refractivity contribution is -0.124. The van der Waals surface area contributed by atoms with Gasteiger partial charge in [-0.2, -0.15) is 0 Å². The Balaban J connectivity index is 1.83. The standard InChI is InChI=1S/C22H31NO2S2/c1-17(24)22(26-19-13-7-3-8-14-19,27-20-15-9-4-10-16-20)21(25)23-18-11-5-2-6-12-18/h2,5-6,11-12,19-20H,3-4,7-10,13-16H2,1H3,(H,23,25). The van der Waals surface area contributed by atoms with E-state index in [4.69, 9.17) is 0 Å². The van der Waals surface area contributed by atoms with Crippen molar-refractivity contribution < 1.29 is 9.59 Å². The molecule has 27 heavy (non-hydrogen) atoms. The van der Waals surface area contributed by atoms with E-state index < -0.39 is 4.08 Å². The predicted octanol–water partition coefficient (Wildman–Crippen LogP) is 6.04. The summed E-state index contributed by atoms with van der Waals surface area (Å²) in [5.41, 5.74) is 0.765. The lowest BCUT2D eigenvalue weighted by atomic mass is 10.0. The summed E-state index contributed by atoms with van der Waals surface area (Å²) in [6, 6.07) is 9.53. The predicted molar refractivity (Wildman–Crippen MR) is 117 cm³/mol. The van der Waals surface area contributed by atoms with Crippen LogP contribution in [-0.4, -0.2) is 26.3 Å². The third kappa shape index (κ3) is 5.54. The largest absolute Gasteiger partial charge is 0.324 e. The average molecular weight is 406 g/mol. The number of hydrogen-bond donors (Lipinski definition) is 1. The van der Waals surface area contributed by atoms with Crippen LogP contribution in [0.3, 0.4) is 0 Å². The van der Waals surface area contributed by atoms with Crippen molar-refractivity contribution in [1.29, 1.82) is 0 Å². The minimum absolute atomic E-state index is 0.0120. The fraction of sp³-hybridized carbons (Fsp3) is 0.636. The van der Waals surface area contributed by atoms with Gasteiger partial charge in [-0.3, -0.25) is 9.59 Å². The number of Topliss-reactive ketones (excluding diaryl/α,β-unsaturated/α-hetero) is 1. The summed E-state index contributed by atoms with van der Waals surface area (Å²) in [6.07, 6.45) is 11.8. The summed E-state index contributed by atoms with van der Waals surface area (Å²) in [4.78, 5) is 26.4. The van der Waals surface area contributed by atoms with Gasteiger partial charge in [-0.15, -0.1) is 23.5 Å². The lowest BCUT2D eigenvalue weighted by Gasteiger charge is -2.37. The molecule has 0 unspecified atom stereocenters. The summed E-state index contributed by atoms with van der Waals surface area (Å²) >= 11 is 3.29. The van der Waals surface area contributed by atoms with Crippen molar-refractivity contribution in [1.82, 2.24) is 0 Å². The van der Waals surface area contributed by atoms with Gasteiger partial charge in [0.05, 0.1) is 0 Å². The smallest absolute Gasteiger partial charge is 0.258 e. The van der Waals surface area contributed by atoms with Crippen LogP contribution in [0.4, 0.5) is 5.69 Å². The highest BCUT2D eigenvalue weighted by atomic mass is 32.2. The molecular formula is C22H31NO2S2. The molecule has 1 N–H and O–H groups in total. The average Bonchev–Trinajstić information content (AvgIpc) is 2.69. The number of hydrogen-bond acceptors (Lipinski definition) is 4. The fourth-order valence-corrected chi connectivity index (χ4v) is 7.79. The molecule has 0 spiro atoms. The van der Waals surface area contributed by atoms with E-state index in [9.17, 15) is 9.59 Å². The molecule has 148 valence electrons. The topological polar surface area (TPSA) is 46.2 Å². The molecular weight excluding hydrogens is 374 g/mol. The van der Waals surface area contributed by atoms with E-state index in [1.807, 2.05) is 30.3 Å². The van der Waals surface area contributed by atoms with E-state index in [1.54, 1.807) is 30.4 Å². The highest BCUT2D eigenvalue weighted by molar-refractivity contribution is 8.21. The minimum atomic E-state index is -1.03. The molecule has 0 atom stereocenters. The quantitative estimate of drug-likeness (QED) is 0.443. The Labute approximate surface area is 171 Å². The number of thioether (sulfide) groups is 2. The maximum absolute atomic E-state index is 13.4. The van der Waals surface area contributed by atoms with Gasteiger partial charge in [-0.05, 0) is 44.7 Å². The van der Waals surface area contributed by atoms with E-state index in [-0.39, 0.29) is 11.7 Å². The second-order valence-corrected chi connectivity index (χ2v) is 11.0. The maximum atomic E-state index is 13.4. The molecule has 2 saturated carbocycles. The number of ketones is 1. The zero-order chi connectivity index (χ0) is 19.1. The Morgan fingerprint density at radius 2 is 1.33 bits per heavy atom.